The highest BCUT2D eigenvalue weighted by Crippen LogP contribution is 2.26. The molecule has 2 aliphatic heterocycles. The van der Waals surface area contributed by atoms with Gasteiger partial charge in [0.2, 0.25) is 20.0 Å². The molecule has 2 aliphatic rings. The number of nitrogens with one attached hydrogen (secondary N) is 2. The molecular weight excluding hydrogens is 649 g/mol. The van der Waals surface area contributed by atoms with Crippen LogP contribution in [0.2, 0.25) is 0 Å². The van der Waals surface area contributed by atoms with Crippen molar-refractivity contribution in [2.24, 2.45) is 0 Å². The lowest BCUT2D eigenvalue weighted by atomic mass is 10.0. The van der Waals surface area contributed by atoms with E-state index in [0.717, 1.165) is 49.7 Å². The van der Waals surface area contributed by atoms with Gasteiger partial charge in [0, 0.05) is 48.7 Å². The molecule has 2 heterocycles. The van der Waals surface area contributed by atoms with E-state index in [4.69, 9.17) is 0 Å². The number of carbonyl (C=O) groups excluding carboxylic acids is 2. The summed E-state index contributed by atoms with van der Waals surface area (Å²) in [6.45, 7) is 2.08. The average Bonchev–Trinajstić information content (AvgIpc) is 3.13. The summed E-state index contributed by atoms with van der Waals surface area (Å²) in [5.41, 5.74) is 3.70. The zero-order valence-corrected chi connectivity index (χ0v) is 28.1. The van der Waals surface area contributed by atoms with Crippen molar-refractivity contribution >= 4 is 43.2 Å². The second-order valence-corrected chi connectivity index (χ2v) is 15.9. The van der Waals surface area contributed by atoms with Crippen LogP contribution in [0.1, 0.15) is 59.2 Å². The number of hydrogen-bond acceptors (Lipinski definition) is 6. The van der Waals surface area contributed by atoms with Crippen LogP contribution in [0, 0.1) is 0 Å². The second-order valence-electron chi connectivity index (χ2n) is 12.0. The third-order valence-corrected chi connectivity index (χ3v) is 12.6. The van der Waals surface area contributed by atoms with Crippen LogP contribution in [0.5, 0.6) is 0 Å². The maximum Gasteiger partial charge on any atom is 0.255 e. The van der Waals surface area contributed by atoms with Gasteiger partial charge in [-0.3, -0.25) is 9.59 Å². The highest BCUT2D eigenvalue weighted by molar-refractivity contribution is 7.89. The summed E-state index contributed by atoms with van der Waals surface area (Å²) in [5, 5.41) is 5.70. The van der Waals surface area contributed by atoms with Gasteiger partial charge >= 0.3 is 0 Å². The quantitative estimate of drug-likeness (QED) is 0.215. The van der Waals surface area contributed by atoms with Gasteiger partial charge in [-0.15, -0.1) is 0 Å². The first-order valence-electron chi connectivity index (χ1n) is 16.1. The van der Waals surface area contributed by atoms with E-state index in [9.17, 15) is 26.4 Å². The molecule has 0 spiro atoms. The van der Waals surface area contributed by atoms with Crippen molar-refractivity contribution in [3.63, 3.8) is 0 Å². The largest absolute Gasteiger partial charge is 0.322 e. The Morgan fingerprint density at radius 2 is 0.750 bits per heavy atom. The van der Waals surface area contributed by atoms with Crippen LogP contribution in [-0.2, 0) is 20.0 Å². The number of rotatable bonds is 9. The van der Waals surface area contributed by atoms with Crippen LogP contribution in [0.3, 0.4) is 0 Å². The van der Waals surface area contributed by atoms with Crippen LogP contribution >= 0.6 is 0 Å². The molecule has 0 aromatic heterocycles. The molecule has 12 heteroatoms. The van der Waals surface area contributed by atoms with Gasteiger partial charge in [0.05, 0.1) is 9.79 Å². The van der Waals surface area contributed by atoms with E-state index in [1.165, 1.54) is 57.1 Å². The fourth-order valence-corrected chi connectivity index (χ4v) is 9.00. The Morgan fingerprint density at radius 3 is 1.06 bits per heavy atom. The van der Waals surface area contributed by atoms with Gasteiger partial charge < -0.3 is 10.6 Å². The Morgan fingerprint density at radius 1 is 0.438 bits per heavy atom. The highest BCUT2D eigenvalue weighted by Gasteiger charge is 2.27. The molecule has 0 radical (unpaired) electrons. The van der Waals surface area contributed by atoms with Crippen LogP contribution < -0.4 is 10.6 Å². The predicted octanol–water partition coefficient (Wildman–Crippen LogP) is 6.21. The van der Waals surface area contributed by atoms with Crippen molar-refractivity contribution in [3.05, 3.63) is 108 Å². The molecule has 250 valence electrons. The molecule has 0 aliphatic carbocycles. The molecule has 0 unspecified atom stereocenters. The van der Waals surface area contributed by atoms with E-state index < -0.39 is 20.0 Å². The van der Waals surface area contributed by atoms with Crippen LogP contribution in [0.25, 0.3) is 11.1 Å². The Balaban J connectivity index is 1.03. The zero-order valence-electron chi connectivity index (χ0n) is 26.5. The highest BCUT2D eigenvalue weighted by atomic mass is 32.2. The molecule has 4 aromatic carbocycles. The average molecular weight is 687 g/mol. The summed E-state index contributed by atoms with van der Waals surface area (Å²) in [6, 6.07) is 26.6. The Hall–Kier alpha value is -4.36. The van der Waals surface area contributed by atoms with E-state index >= 15 is 0 Å². The summed E-state index contributed by atoms with van der Waals surface area (Å²) in [4.78, 5) is 26.1. The van der Waals surface area contributed by atoms with Crippen molar-refractivity contribution in [1.29, 1.82) is 0 Å². The number of carbonyl (C=O) groups is 2. The van der Waals surface area contributed by atoms with Crippen molar-refractivity contribution in [1.82, 2.24) is 8.61 Å². The van der Waals surface area contributed by atoms with Crippen LogP contribution in [0.15, 0.2) is 107 Å². The standard InChI is InChI=1S/C36H38N4O6S2/c41-35(29-11-19-33(20-12-29)47(43,44)39-23-3-1-4-24-39)37-31-15-7-27(8-16-31)28-9-17-32(18-10-28)38-36(42)30-13-21-34(22-14-30)48(45,46)40-25-5-2-6-26-40/h7-22H,1-6,23-26H2,(H,37,41)(H,38,42). The monoisotopic (exact) mass is 686 g/mol. The van der Waals surface area contributed by atoms with E-state index in [-0.39, 0.29) is 21.6 Å². The Labute approximate surface area is 281 Å². The lowest BCUT2D eigenvalue weighted by molar-refractivity contribution is 0.101. The summed E-state index contributed by atoms with van der Waals surface area (Å²) in [7, 11) is -7.13. The molecule has 0 atom stereocenters. The third-order valence-electron chi connectivity index (χ3n) is 8.76. The molecule has 2 amide bonds. The van der Waals surface area contributed by atoms with Gasteiger partial charge in [0.1, 0.15) is 0 Å². The summed E-state index contributed by atoms with van der Waals surface area (Å²) in [6.07, 6.45) is 5.49. The van der Waals surface area contributed by atoms with E-state index in [1.807, 2.05) is 24.3 Å². The minimum absolute atomic E-state index is 0.186. The lowest BCUT2D eigenvalue weighted by Crippen LogP contribution is -2.35. The van der Waals surface area contributed by atoms with Gasteiger partial charge in [-0.05, 0) is 110 Å². The van der Waals surface area contributed by atoms with E-state index in [1.54, 1.807) is 24.3 Å². The van der Waals surface area contributed by atoms with Crippen LogP contribution in [0.4, 0.5) is 11.4 Å². The first kappa shape index (κ1) is 33.5. The van der Waals surface area contributed by atoms with E-state index in [0.29, 0.717) is 48.7 Å². The molecular formula is C36H38N4O6S2. The topological polar surface area (TPSA) is 133 Å². The number of hydrogen-bond donors (Lipinski definition) is 2. The first-order chi connectivity index (χ1) is 23.1. The smallest absolute Gasteiger partial charge is 0.255 e. The second kappa shape index (κ2) is 14.4. The molecule has 10 nitrogen and oxygen atoms in total. The number of benzene rings is 4. The van der Waals surface area contributed by atoms with Gasteiger partial charge in [-0.25, -0.2) is 16.8 Å². The summed E-state index contributed by atoms with van der Waals surface area (Å²) < 4.78 is 54.6. The summed E-state index contributed by atoms with van der Waals surface area (Å²) >= 11 is 0. The number of sulfonamides is 2. The molecule has 4 aromatic rings. The fraction of sp³-hybridized carbons (Fsp3) is 0.278. The Kier molecular flexibility index (Phi) is 10.1. The van der Waals surface area contributed by atoms with Gasteiger partial charge in [0.15, 0.2) is 0 Å². The SMILES string of the molecule is O=C(Nc1ccc(-c2ccc(NC(=O)c3ccc(S(=O)(=O)N4CCCCC4)cc3)cc2)cc1)c1ccc(S(=O)(=O)N2CCCCC2)cc1. The fourth-order valence-electron chi connectivity index (χ4n) is 5.96. The Bertz CT molecular complexity index is 1820. The van der Waals surface area contributed by atoms with Gasteiger partial charge in [0.25, 0.3) is 11.8 Å². The van der Waals surface area contributed by atoms with Crippen molar-refractivity contribution in [2.45, 2.75) is 48.3 Å². The molecule has 2 saturated heterocycles. The molecule has 2 fully saturated rings. The number of piperidine rings is 2. The number of anilines is 2. The predicted molar refractivity (Wildman–Crippen MR) is 186 cm³/mol. The van der Waals surface area contributed by atoms with E-state index in [2.05, 4.69) is 10.6 Å². The van der Waals surface area contributed by atoms with Crippen LogP contribution in [-0.4, -0.2) is 63.4 Å². The third kappa shape index (κ3) is 7.52. The lowest BCUT2D eigenvalue weighted by Gasteiger charge is -2.25. The summed E-state index contributed by atoms with van der Waals surface area (Å²) in [5.74, 6) is -0.689. The van der Waals surface area contributed by atoms with Crippen molar-refractivity contribution in [3.8, 4) is 11.1 Å². The molecule has 2 N–H and O–H groups in total. The molecule has 48 heavy (non-hydrogen) atoms. The number of nitrogens with zero attached hydrogens (tertiary/aromatic N) is 2. The normalized spacial score (nSPS) is 16.2. The first-order valence-corrected chi connectivity index (χ1v) is 19.0. The molecule has 0 bridgehead atoms. The minimum atomic E-state index is -3.56. The molecule has 6 rings (SSSR count). The maximum atomic E-state index is 12.9. The maximum absolute atomic E-state index is 12.9. The van der Waals surface area contributed by atoms with Crippen molar-refractivity contribution in [2.75, 3.05) is 36.8 Å². The minimum Gasteiger partial charge on any atom is -0.322 e. The zero-order chi connectivity index (χ0) is 33.7. The van der Waals surface area contributed by atoms with Crippen molar-refractivity contribution < 1.29 is 26.4 Å². The molecule has 0 saturated carbocycles. The van der Waals surface area contributed by atoms with Gasteiger partial charge in [-0.2, -0.15) is 8.61 Å². The number of amides is 2. The van der Waals surface area contributed by atoms with Gasteiger partial charge in [-0.1, -0.05) is 37.1 Å².